The van der Waals surface area contributed by atoms with E-state index >= 15 is 0 Å². The predicted octanol–water partition coefficient (Wildman–Crippen LogP) is 3.93. The maximum Gasteiger partial charge on any atom is 0.287 e. The van der Waals surface area contributed by atoms with Gasteiger partial charge in [0.15, 0.2) is 5.76 Å². The van der Waals surface area contributed by atoms with Crippen LogP contribution in [0.1, 0.15) is 45.6 Å². The molecule has 27 heavy (non-hydrogen) atoms. The van der Waals surface area contributed by atoms with E-state index in [9.17, 15) is 4.79 Å². The van der Waals surface area contributed by atoms with Crippen LogP contribution in [0, 0.1) is 20.8 Å². The first-order valence-corrected chi connectivity index (χ1v) is 9.06. The van der Waals surface area contributed by atoms with Crippen LogP contribution in [0.2, 0.25) is 0 Å². The molecule has 2 heterocycles. The highest BCUT2D eigenvalue weighted by molar-refractivity contribution is 5.91. The lowest BCUT2D eigenvalue weighted by Crippen LogP contribution is -2.22. The first kappa shape index (κ1) is 18.8. The van der Waals surface area contributed by atoms with Gasteiger partial charge in [0, 0.05) is 24.8 Å². The average molecular weight is 367 g/mol. The second-order valence-electron chi connectivity index (χ2n) is 6.60. The molecule has 2 aromatic heterocycles. The Hall–Kier alpha value is -3.02. The van der Waals surface area contributed by atoms with Crippen LogP contribution >= 0.6 is 0 Å². The molecule has 0 fully saturated rings. The summed E-state index contributed by atoms with van der Waals surface area (Å²) < 4.78 is 13.3. The second kappa shape index (κ2) is 8.12. The summed E-state index contributed by atoms with van der Waals surface area (Å²) in [5.41, 5.74) is 4.11. The normalized spacial score (nSPS) is 10.8. The molecule has 0 aliphatic heterocycles. The number of hydrogen-bond donors (Lipinski definition) is 1. The van der Waals surface area contributed by atoms with Crippen LogP contribution in [0.5, 0.6) is 5.75 Å². The molecule has 6 nitrogen and oxygen atoms in total. The molecule has 0 saturated carbocycles. The van der Waals surface area contributed by atoms with E-state index in [0.29, 0.717) is 12.3 Å². The summed E-state index contributed by atoms with van der Waals surface area (Å²) in [5, 5.41) is 7.25. The lowest BCUT2D eigenvalue weighted by molar-refractivity contribution is 0.0919. The zero-order valence-electron chi connectivity index (χ0n) is 16.2. The van der Waals surface area contributed by atoms with Gasteiger partial charge in [0.25, 0.3) is 5.91 Å². The van der Waals surface area contributed by atoms with Crippen molar-refractivity contribution in [2.24, 2.45) is 0 Å². The van der Waals surface area contributed by atoms with Crippen molar-refractivity contribution in [2.45, 2.75) is 47.4 Å². The Bertz CT molecular complexity index is 940. The van der Waals surface area contributed by atoms with Gasteiger partial charge < -0.3 is 14.5 Å². The van der Waals surface area contributed by atoms with E-state index in [2.05, 4.69) is 10.4 Å². The monoisotopic (exact) mass is 367 g/mol. The van der Waals surface area contributed by atoms with Gasteiger partial charge in [-0.2, -0.15) is 5.10 Å². The number of aryl methyl sites for hydroxylation is 4. The quantitative estimate of drug-likeness (QED) is 0.687. The van der Waals surface area contributed by atoms with Crippen molar-refractivity contribution in [3.05, 3.63) is 70.4 Å². The first-order chi connectivity index (χ1) is 13.0. The number of benzene rings is 1. The van der Waals surface area contributed by atoms with Crippen LogP contribution < -0.4 is 10.1 Å². The Balaban J connectivity index is 1.57. The van der Waals surface area contributed by atoms with Gasteiger partial charge in [-0.1, -0.05) is 12.1 Å². The van der Waals surface area contributed by atoms with E-state index < -0.39 is 0 Å². The van der Waals surface area contributed by atoms with E-state index in [1.165, 1.54) is 0 Å². The fourth-order valence-electron chi connectivity index (χ4n) is 2.75. The number of carbonyl (C=O) groups excluding carboxylic acids is 1. The average Bonchev–Trinajstić information content (AvgIpc) is 3.27. The Kier molecular flexibility index (Phi) is 5.64. The van der Waals surface area contributed by atoms with E-state index in [-0.39, 0.29) is 18.3 Å². The molecule has 1 aromatic carbocycles. The van der Waals surface area contributed by atoms with E-state index in [0.717, 1.165) is 34.7 Å². The molecule has 1 N–H and O–H groups in total. The molecule has 0 unspecified atom stereocenters. The summed E-state index contributed by atoms with van der Waals surface area (Å²) in [6.07, 6.45) is 1.95. The highest BCUT2D eigenvalue weighted by atomic mass is 16.5. The third-order valence-corrected chi connectivity index (χ3v) is 4.41. The molecule has 0 aliphatic rings. The Morgan fingerprint density at radius 3 is 2.78 bits per heavy atom. The van der Waals surface area contributed by atoms with Crippen LogP contribution in [-0.4, -0.2) is 15.7 Å². The van der Waals surface area contributed by atoms with Crippen LogP contribution in [0.4, 0.5) is 0 Å². The second-order valence-corrected chi connectivity index (χ2v) is 6.60. The molecule has 0 aliphatic carbocycles. The number of ether oxygens (including phenoxy) is 1. The van der Waals surface area contributed by atoms with Gasteiger partial charge in [0.1, 0.15) is 18.1 Å². The number of amides is 1. The summed E-state index contributed by atoms with van der Waals surface area (Å²) >= 11 is 0. The molecule has 0 spiro atoms. The minimum absolute atomic E-state index is 0.253. The summed E-state index contributed by atoms with van der Waals surface area (Å²) in [7, 11) is 0. The molecule has 0 atom stereocenters. The zero-order chi connectivity index (χ0) is 19.4. The van der Waals surface area contributed by atoms with Crippen LogP contribution in [0.25, 0.3) is 0 Å². The van der Waals surface area contributed by atoms with Crippen molar-refractivity contribution in [2.75, 3.05) is 0 Å². The molecule has 1 amide bonds. The lowest BCUT2D eigenvalue weighted by atomic mass is 10.1. The Labute approximate surface area is 159 Å². The molecule has 0 saturated heterocycles. The van der Waals surface area contributed by atoms with Crippen molar-refractivity contribution < 1.29 is 13.9 Å². The molecular weight excluding hydrogens is 342 g/mol. The maximum absolute atomic E-state index is 12.3. The summed E-state index contributed by atoms with van der Waals surface area (Å²) in [6, 6.07) is 9.49. The third kappa shape index (κ3) is 4.58. The summed E-state index contributed by atoms with van der Waals surface area (Å²) in [4.78, 5) is 12.3. The SMILES string of the molecule is CCn1cc(CNC(=O)c2ccc(COc3cc(C)ccc3C)o2)c(C)n1. The van der Waals surface area contributed by atoms with Crippen LogP contribution in [0.3, 0.4) is 0 Å². The number of aromatic nitrogens is 2. The fourth-order valence-corrected chi connectivity index (χ4v) is 2.75. The Morgan fingerprint density at radius 1 is 1.22 bits per heavy atom. The van der Waals surface area contributed by atoms with E-state index in [4.69, 9.17) is 9.15 Å². The number of rotatable bonds is 7. The number of furan rings is 1. The minimum Gasteiger partial charge on any atom is -0.485 e. The summed E-state index contributed by atoms with van der Waals surface area (Å²) in [6.45, 7) is 9.48. The van der Waals surface area contributed by atoms with Crippen LogP contribution in [-0.2, 0) is 19.7 Å². The third-order valence-electron chi connectivity index (χ3n) is 4.41. The van der Waals surface area contributed by atoms with Crippen molar-refractivity contribution >= 4 is 5.91 Å². The van der Waals surface area contributed by atoms with Gasteiger partial charge in [-0.25, -0.2) is 0 Å². The van der Waals surface area contributed by atoms with Gasteiger partial charge in [0.05, 0.1) is 5.69 Å². The maximum atomic E-state index is 12.3. The van der Waals surface area contributed by atoms with Crippen LogP contribution in [0.15, 0.2) is 40.9 Å². The smallest absolute Gasteiger partial charge is 0.287 e. The van der Waals surface area contributed by atoms with E-state index in [1.54, 1.807) is 12.1 Å². The fraction of sp³-hybridized carbons (Fsp3) is 0.333. The van der Waals surface area contributed by atoms with E-state index in [1.807, 2.05) is 56.8 Å². The van der Waals surface area contributed by atoms with Crippen molar-refractivity contribution in [3.8, 4) is 5.75 Å². The molecule has 3 aromatic rings. The molecule has 142 valence electrons. The Morgan fingerprint density at radius 2 is 2.04 bits per heavy atom. The highest BCUT2D eigenvalue weighted by Gasteiger charge is 2.13. The van der Waals surface area contributed by atoms with Crippen molar-refractivity contribution in [1.82, 2.24) is 15.1 Å². The lowest BCUT2D eigenvalue weighted by Gasteiger charge is -2.08. The topological polar surface area (TPSA) is 69.3 Å². The molecular formula is C21H25N3O3. The molecule has 0 radical (unpaired) electrons. The van der Waals surface area contributed by atoms with Crippen molar-refractivity contribution in [3.63, 3.8) is 0 Å². The zero-order valence-corrected chi connectivity index (χ0v) is 16.2. The van der Waals surface area contributed by atoms with Gasteiger partial charge >= 0.3 is 0 Å². The standard InChI is InChI=1S/C21H25N3O3/c1-5-24-12-17(16(4)23-24)11-22-21(25)19-9-8-18(27-19)13-26-20-10-14(2)6-7-15(20)3/h6-10,12H,5,11,13H2,1-4H3,(H,22,25). The first-order valence-electron chi connectivity index (χ1n) is 9.06. The number of nitrogens with zero attached hydrogens (tertiary/aromatic N) is 2. The summed E-state index contributed by atoms with van der Waals surface area (Å²) in [5.74, 6) is 1.45. The molecule has 3 rings (SSSR count). The minimum atomic E-state index is -0.253. The number of carbonyl (C=O) groups is 1. The predicted molar refractivity (Wildman–Crippen MR) is 103 cm³/mol. The van der Waals surface area contributed by atoms with Gasteiger partial charge in [-0.05, 0) is 57.0 Å². The largest absolute Gasteiger partial charge is 0.485 e. The van der Waals surface area contributed by atoms with Gasteiger partial charge in [-0.15, -0.1) is 0 Å². The molecule has 6 heteroatoms. The van der Waals surface area contributed by atoms with Crippen molar-refractivity contribution in [1.29, 1.82) is 0 Å². The number of hydrogen-bond acceptors (Lipinski definition) is 4. The van der Waals surface area contributed by atoms with Gasteiger partial charge in [0.2, 0.25) is 0 Å². The number of nitrogens with one attached hydrogen (secondary N) is 1. The van der Waals surface area contributed by atoms with Gasteiger partial charge in [-0.3, -0.25) is 9.48 Å². The molecule has 0 bridgehead atoms. The highest BCUT2D eigenvalue weighted by Crippen LogP contribution is 2.21.